The summed E-state index contributed by atoms with van der Waals surface area (Å²) in [4.78, 5) is 10.1. The number of halogens is 1. The summed E-state index contributed by atoms with van der Waals surface area (Å²) in [6.45, 7) is 1.64. The fourth-order valence-electron chi connectivity index (χ4n) is 0.875. The smallest absolute Gasteiger partial charge is 0.275 e. The Hall–Kier alpha value is -0.850. The Morgan fingerprint density at radius 2 is 2.17 bits per heavy atom. The first kappa shape index (κ1) is 9.24. The summed E-state index contributed by atoms with van der Waals surface area (Å²) in [6, 6.07) is 3.22. The van der Waals surface area contributed by atoms with Gasteiger partial charge in [-0.2, -0.15) is 0 Å². The van der Waals surface area contributed by atoms with Crippen molar-refractivity contribution in [2.45, 2.75) is 6.92 Å². The van der Waals surface area contributed by atoms with E-state index in [1.807, 2.05) is 22.6 Å². The molecule has 2 N–H and O–H groups in total. The van der Waals surface area contributed by atoms with E-state index in [4.69, 9.17) is 5.73 Å². The molecule has 64 valence electrons. The summed E-state index contributed by atoms with van der Waals surface area (Å²) in [5.74, 6) is 0. The lowest BCUT2D eigenvalue weighted by Gasteiger charge is -2.01. The lowest BCUT2D eigenvalue weighted by atomic mass is 10.2. The van der Waals surface area contributed by atoms with Crippen LogP contribution in [0, 0.1) is 20.6 Å². The molecule has 0 radical (unpaired) electrons. The van der Waals surface area contributed by atoms with E-state index in [9.17, 15) is 10.1 Å². The molecular formula is C7H7IN2O2. The molecular weight excluding hydrogens is 271 g/mol. The molecule has 4 nitrogen and oxygen atoms in total. The van der Waals surface area contributed by atoms with E-state index < -0.39 is 4.92 Å². The Labute approximate surface area is 83.1 Å². The highest BCUT2D eigenvalue weighted by molar-refractivity contribution is 14.1. The summed E-state index contributed by atoms with van der Waals surface area (Å²) in [5, 5.41) is 10.5. The number of hydrogen-bond donors (Lipinski definition) is 1. The van der Waals surface area contributed by atoms with Gasteiger partial charge in [0, 0.05) is 20.9 Å². The molecule has 5 heteroatoms. The Kier molecular flexibility index (Phi) is 2.51. The predicted molar refractivity (Wildman–Crippen MR) is 55.0 cm³/mol. The van der Waals surface area contributed by atoms with Crippen molar-refractivity contribution in [1.82, 2.24) is 0 Å². The fraction of sp³-hybridized carbons (Fsp3) is 0.143. The first-order chi connectivity index (χ1) is 5.52. The van der Waals surface area contributed by atoms with E-state index in [1.165, 1.54) is 6.07 Å². The summed E-state index contributed by atoms with van der Waals surface area (Å²) in [7, 11) is 0. The molecule has 1 aromatic carbocycles. The number of nitrogens with two attached hydrogens (primary N) is 1. The van der Waals surface area contributed by atoms with Gasteiger partial charge in [-0.3, -0.25) is 10.1 Å². The molecule has 1 rings (SSSR count). The fourth-order valence-corrected chi connectivity index (χ4v) is 1.51. The number of anilines is 1. The van der Waals surface area contributed by atoms with Gasteiger partial charge in [-0.15, -0.1) is 0 Å². The molecule has 0 unspecified atom stereocenters. The molecule has 0 spiro atoms. The van der Waals surface area contributed by atoms with Crippen molar-refractivity contribution in [1.29, 1.82) is 0 Å². The Morgan fingerprint density at radius 1 is 1.58 bits per heavy atom. The first-order valence-corrected chi connectivity index (χ1v) is 4.30. The van der Waals surface area contributed by atoms with Crippen LogP contribution in [-0.2, 0) is 0 Å². The predicted octanol–water partition coefficient (Wildman–Crippen LogP) is 2.09. The molecule has 0 amide bonds. The van der Waals surface area contributed by atoms with Crippen LogP contribution < -0.4 is 5.73 Å². The highest BCUT2D eigenvalue weighted by atomic mass is 127. The van der Waals surface area contributed by atoms with Crippen LogP contribution in [0.15, 0.2) is 12.1 Å². The molecule has 0 aliphatic carbocycles. The van der Waals surface area contributed by atoms with Gasteiger partial charge in [-0.1, -0.05) is 0 Å². The van der Waals surface area contributed by atoms with E-state index in [-0.39, 0.29) is 5.69 Å². The number of nitrogens with zero attached hydrogens (tertiary/aromatic N) is 1. The zero-order chi connectivity index (χ0) is 9.30. The van der Waals surface area contributed by atoms with Crippen LogP contribution in [0.2, 0.25) is 0 Å². The topological polar surface area (TPSA) is 69.2 Å². The molecule has 0 fully saturated rings. The average Bonchev–Trinajstić information content (AvgIpc) is 1.96. The summed E-state index contributed by atoms with van der Waals surface area (Å²) in [6.07, 6.45) is 0. The van der Waals surface area contributed by atoms with E-state index >= 15 is 0 Å². The summed E-state index contributed by atoms with van der Waals surface area (Å²) < 4.78 is 0.780. The molecule has 0 saturated heterocycles. The Bertz CT molecular complexity index is 338. The third-order valence-corrected chi connectivity index (χ3v) is 2.20. The van der Waals surface area contributed by atoms with Gasteiger partial charge in [0.25, 0.3) is 5.69 Å². The molecule has 0 atom stereocenters. The van der Waals surface area contributed by atoms with Crippen LogP contribution in [0.3, 0.4) is 0 Å². The molecule has 0 aliphatic heterocycles. The van der Waals surface area contributed by atoms with Crippen molar-refractivity contribution in [2.24, 2.45) is 0 Å². The van der Waals surface area contributed by atoms with Gasteiger partial charge < -0.3 is 5.73 Å². The maximum atomic E-state index is 10.5. The Morgan fingerprint density at radius 3 is 2.67 bits per heavy atom. The van der Waals surface area contributed by atoms with E-state index in [1.54, 1.807) is 13.0 Å². The lowest BCUT2D eigenvalue weighted by molar-refractivity contribution is -0.385. The molecule has 12 heavy (non-hydrogen) atoms. The number of benzene rings is 1. The highest BCUT2D eigenvalue weighted by Crippen LogP contribution is 2.25. The van der Waals surface area contributed by atoms with E-state index in [0.29, 0.717) is 11.3 Å². The molecule has 0 bridgehead atoms. The maximum Gasteiger partial charge on any atom is 0.275 e. The van der Waals surface area contributed by atoms with Gasteiger partial charge in [0.1, 0.15) is 0 Å². The number of hydrogen-bond acceptors (Lipinski definition) is 3. The normalized spacial score (nSPS) is 9.83. The van der Waals surface area contributed by atoms with Crippen LogP contribution >= 0.6 is 22.6 Å². The minimum atomic E-state index is -0.423. The number of nitrogen functional groups attached to an aromatic ring is 1. The standard InChI is InChI=1S/C7H7IN2O2/c1-4-6(9)2-5(8)3-7(4)10(11)12/h2-3H,9H2,1H3. The van der Waals surface area contributed by atoms with Crippen molar-refractivity contribution in [3.63, 3.8) is 0 Å². The first-order valence-electron chi connectivity index (χ1n) is 3.22. The molecule has 1 aromatic rings. The van der Waals surface area contributed by atoms with Gasteiger partial charge in [-0.25, -0.2) is 0 Å². The van der Waals surface area contributed by atoms with Crippen molar-refractivity contribution in [3.8, 4) is 0 Å². The van der Waals surface area contributed by atoms with Crippen molar-refractivity contribution >= 4 is 34.0 Å². The van der Waals surface area contributed by atoms with Crippen molar-refractivity contribution in [2.75, 3.05) is 5.73 Å². The average molecular weight is 278 g/mol. The second-order valence-corrected chi connectivity index (χ2v) is 3.64. The van der Waals surface area contributed by atoms with Gasteiger partial charge >= 0.3 is 0 Å². The Balaban J connectivity index is 3.37. The van der Waals surface area contributed by atoms with Crippen LogP contribution in [-0.4, -0.2) is 4.92 Å². The number of rotatable bonds is 1. The number of nitro benzene ring substituents is 1. The third kappa shape index (κ3) is 1.66. The second-order valence-electron chi connectivity index (χ2n) is 2.40. The summed E-state index contributed by atoms with van der Waals surface area (Å²) >= 11 is 2.00. The molecule has 0 saturated carbocycles. The zero-order valence-corrected chi connectivity index (χ0v) is 8.53. The summed E-state index contributed by atoms with van der Waals surface area (Å²) in [5.41, 5.74) is 6.63. The van der Waals surface area contributed by atoms with Crippen LogP contribution in [0.25, 0.3) is 0 Å². The number of nitro groups is 1. The SMILES string of the molecule is Cc1c(N)cc(I)cc1[N+](=O)[O-]. The quantitative estimate of drug-likeness (QED) is 0.370. The monoisotopic (exact) mass is 278 g/mol. The zero-order valence-electron chi connectivity index (χ0n) is 6.37. The van der Waals surface area contributed by atoms with Crippen molar-refractivity contribution < 1.29 is 4.92 Å². The molecule has 0 heterocycles. The van der Waals surface area contributed by atoms with E-state index in [2.05, 4.69) is 0 Å². The highest BCUT2D eigenvalue weighted by Gasteiger charge is 2.13. The maximum absolute atomic E-state index is 10.5. The largest absolute Gasteiger partial charge is 0.398 e. The van der Waals surface area contributed by atoms with Gasteiger partial charge in [0.05, 0.1) is 4.92 Å². The van der Waals surface area contributed by atoms with Crippen LogP contribution in [0.5, 0.6) is 0 Å². The van der Waals surface area contributed by atoms with Crippen LogP contribution in [0.1, 0.15) is 5.56 Å². The molecule has 0 aliphatic rings. The van der Waals surface area contributed by atoms with Gasteiger partial charge in [0.15, 0.2) is 0 Å². The lowest BCUT2D eigenvalue weighted by Crippen LogP contribution is -1.97. The minimum Gasteiger partial charge on any atom is -0.398 e. The van der Waals surface area contributed by atoms with E-state index in [0.717, 1.165) is 3.57 Å². The third-order valence-electron chi connectivity index (χ3n) is 1.58. The van der Waals surface area contributed by atoms with Crippen LogP contribution in [0.4, 0.5) is 11.4 Å². The second kappa shape index (κ2) is 3.26. The van der Waals surface area contributed by atoms with Gasteiger partial charge in [-0.05, 0) is 35.6 Å². The molecule has 0 aromatic heterocycles. The van der Waals surface area contributed by atoms with Gasteiger partial charge in [0.2, 0.25) is 0 Å². The van der Waals surface area contributed by atoms with Crippen molar-refractivity contribution in [3.05, 3.63) is 31.4 Å². The minimum absolute atomic E-state index is 0.0828.